The lowest BCUT2D eigenvalue weighted by molar-refractivity contribution is -0.354. The molecule has 0 aliphatic carbocycles. The summed E-state index contributed by atoms with van der Waals surface area (Å²) in [6.45, 7) is 7.48. The van der Waals surface area contributed by atoms with Crippen molar-refractivity contribution in [3.8, 4) is 0 Å². The van der Waals surface area contributed by atoms with Crippen LogP contribution < -0.4 is 5.11 Å². The fourth-order valence-corrected chi connectivity index (χ4v) is 2.49. The molecule has 0 fully saturated rings. The van der Waals surface area contributed by atoms with Crippen LogP contribution in [-0.4, -0.2) is 27.2 Å². The van der Waals surface area contributed by atoms with Crippen molar-refractivity contribution < 1.29 is 18.8 Å². The van der Waals surface area contributed by atoms with E-state index in [2.05, 4.69) is 27.1 Å². The molecule has 106 valence electrons. The molecule has 0 radical (unpaired) electrons. The molecule has 0 spiro atoms. The lowest BCUT2D eigenvalue weighted by atomic mass is 10.3. The summed E-state index contributed by atoms with van der Waals surface area (Å²) in [5.74, 6) is 1.80. The van der Waals surface area contributed by atoms with Crippen molar-refractivity contribution in [1.29, 1.82) is 0 Å². The number of ether oxygens (including phenoxy) is 1. The van der Waals surface area contributed by atoms with Gasteiger partial charge in [0.05, 0.1) is 15.7 Å². The van der Waals surface area contributed by atoms with Gasteiger partial charge in [-0.1, -0.05) is 31.2 Å². The highest BCUT2D eigenvalue weighted by molar-refractivity contribution is 7.85. The van der Waals surface area contributed by atoms with E-state index in [0.29, 0.717) is 16.3 Å². The number of hydrogen-bond acceptors (Lipinski definition) is 4. The first-order valence-electron chi connectivity index (χ1n) is 6.00. The predicted octanol–water partition coefficient (Wildman–Crippen LogP) is 1.57. The topological polar surface area (TPSA) is 75.8 Å². The van der Waals surface area contributed by atoms with Gasteiger partial charge >= 0.3 is 5.87 Å². The van der Waals surface area contributed by atoms with E-state index in [1.165, 1.54) is 0 Å². The van der Waals surface area contributed by atoms with Crippen LogP contribution in [0.3, 0.4) is 0 Å². The molecule has 1 unspecified atom stereocenters. The third kappa shape index (κ3) is 5.24. The fourth-order valence-electron chi connectivity index (χ4n) is 1.32. The average molecular weight is 292 g/mol. The number of benzene rings is 1. The molecule has 0 N–H and O–H groups in total. The van der Waals surface area contributed by atoms with Gasteiger partial charge in [0.15, 0.2) is 11.6 Å². The molecule has 0 amide bonds. The molecular formula is C14H16N2O3S. The van der Waals surface area contributed by atoms with Gasteiger partial charge in [-0.3, -0.25) is 4.21 Å². The first-order chi connectivity index (χ1) is 9.54. The predicted molar refractivity (Wildman–Crippen MR) is 75.0 cm³/mol. The molecule has 0 aliphatic rings. The molecule has 6 heteroatoms. The molecule has 0 saturated carbocycles. The average Bonchev–Trinajstić information content (AvgIpc) is 2.38. The zero-order valence-electron chi connectivity index (χ0n) is 11.5. The van der Waals surface area contributed by atoms with Gasteiger partial charge < -0.3 is 9.84 Å². The van der Waals surface area contributed by atoms with Crippen molar-refractivity contribution in [2.75, 3.05) is 12.4 Å². The van der Waals surface area contributed by atoms with Crippen molar-refractivity contribution in [2.45, 2.75) is 18.7 Å². The number of hydrogen-bond donors (Lipinski definition) is 0. The van der Waals surface area contributed by atoms with Crippen LogP contribution in [-0.2, 0) is 15.5 Å². The molecule has 1 rings (SSSR count). The van der Waals surface area contributed by atoms with E-state index in [1.807, 2.05) is 6.92 Å². The molecule has 0 saturated heterocycles. The summed E-state index contributed by atoms with van der Waals surface area (Å²) in [6.07, 6.45) is 0. The Morgan fingerprint density at radius 3 is 2.90 bits per heavy atom. The Kier molecular flexibility index (Phi) is 6.47. The Hall–Kier alpha value is -2.13. The van der Waals surface area contributed by atoms with E-state index in [0.717, 1.165) is 5.57 Å². The second-order valence-corrected chi connectivity index (χ2v) is 5.37. The minimum atomic E-state index is -1.24. The molecule has 1 aromatic carbocycles. The van der Waals surface area contributed by atoms with Crippen molar-refractivity contribution in [3.63, 3.8) is 0 Å². The van der Waals surface area contributed by atoms with Gasteiger partial charge in [-0.2, -0.15) is 0 Å². The van der Waals surface area contributed by atoms with Gasteiger partial charge in [0.1, 0.15) is 9.90 Å². The van der Waals surface area contributed by atoms with Crippen LogP contribution in [0.5, 0.6) is 0 Å². The maximum atomic E-state index is 12.1. The highest BCUT2D eigenvalue weighted by atomic mass is 32.2. The van der Waals surface area contributed by atoms with Crippen molar-refractivity contribution in [3.05, 3.63) is 42.4 Å². The summed E-state index contributed by atoms with van der Waals surface area (Å²) in [4.78, 5) is 4.07. The van der Waals surface area contributed by atoms with Gasteiger partial charge in [-0.25, -0.2) is 0 Å². The van der Waals surface area contributed by atoms with E-state index in [-0.39, 0.29) is 6.61 Å². The summed E-state index contributed by atoms with van der Waals surface area (Å²) in [5, 5.41) is 14.9. The molecule has 0 aliphatic heterocycles. The van der Waals surface area contributed by atoms with Gasteiger partial charge in [-0.15, -0.1) is 0 Å². The standard InChI is InChI=1S/C14H16N2O3S/c1-4-19-14(17)9-15-16-12-7-5-6-8-13(12)20(18)10-11(2)3/h5-8H,2,4,10H2,1,3H3. The maximum absolute atomic E-state index is 12.1. The number of rotatable bonds is 6. The Labute approximate surface area is 120 Å². The zero-order valence-corrected chi connectivity index (χ0v) is 12.3. The third-order valence-corrected chi connectivity index (χ3v) is 3.65. The Bertz CT molecular complexity index is 613. The smallest absolute Gasteiger partial charge is 0.376 e. The lowest BCUT2D eigenvalue weighted by Gasteiger charge is -2.03. The number of nitrogens with zero attached hydrogens (tertiary/aromatic N) is 2. The van der Waals surface area contributed by atoms with Crippen LogP contribution in [0.1, 0.15) is 13.8 Å². The maximum Gasteiger partial charge on any atom is 0.376 e. The Morgan fingerprint density at radius 2 is 2.25 bits per heavy atom. The molecule has 0 bridgehead atoms. The van der Waals surface area contributed by atoms with Crippen LogP contribution in [0.25, 0.3) is 0 Å². The molecule has 20 heavy (non-hydrogen) atoms. The highest BCUT2D eigenvalue weighted by Gasteiger charge is 2.11. The van der Waals surface area contributed by atoms with Crippen LogP contribution in [0.2, 0.25) is 0 Å². The van der Waals surface area contributed by atoms with Gasteiger partial charge in [-0.05, 0) is 25.7 Å². The van der Waals surface area contributed by atoms with E-state index in [1.54, 1.807) is 31.2 Å². The summed E-state index contributed by atoms with van der Waals surface area (Å²) in [6, 6.07) is 6.89. The fraction of sp³-hybridized carbons (Fsp3) is 0.286. The van der Waals surface area contributed by atoms with E-state index >= 15 is 0 Å². The summed E-state index contributed by atoms with van der Waals surface area (Å²) < 4.78 is 16.7. The third-order valence-electron chi connectivity index (χ3n) is 2.06. The first kappa shape index (κ1) is 15.9. The second kappa shape index (κ2) is 8.12. The van der Waals surface area contributed by atoms with E-state index in [9.17, 15) is 9.32 Å². The summed E-state index contributed by atoms with van der Waals surface area (Å²) in [5.41, 5.74) is 1.25. The largest absolute Gasteiger partial charge is 0.603 e. The Balaban J connectivity index is 3.08. The van der Waals surface area contributed by atoms with Gasteiger partial charge in [0, 0.05) is 5.75 Å². The monoisotopic (exact) mass is 292 g/mol. The molecular weight excluding hydrogens is 276 g/mol. The van der Waals surface area contributed by atoms with Crippen molar-refractivity contribution in [2.24, 2.45) is 5.11 Å². The zero-order chi connectivity index (χ0) is 15.0. The molecule has 0 aromatic heterocycles. The van der Waals surface area contributed by atoms with Crippen LogP contribution in [0.4, 0.5) is 5.69 Å². The van der Waals surface area contributed by atoms with Crippen molar-refractivity contribution >= 4 is 22.4 Å². The van der Waals surface area contributed by atoms with Gasteiger partial charge in [0.25, 0.3) is 0 Å². The van der Waals surface area contributed by atoms with E-state index in [4.69, 9.17) is 0 Å². The summed E-state index contributed by atoms with van der Waals surface area (Å²) >= 11 is 0. The van der Waals surface area contributed by atoms with Crippen LogP contribution in [0.15, 0.2) is 52.4 Å². The highest BCUT2D eigenvalue weighted by Crippen LogP contribution is 2.22. The van der Waals surface area contributed by atoms with Crippen LogP contribution >= 0.6 is 0 Å². The lowest BCUT2D eigenvalue weighted by Crippen LogP contribution is -2.08. The molecule has 1 atom stereocenters. The molecule has 5 nitrogen and oxygen atoms in total. The minimum absolute atomic E-state index is 0.251. The van der Waals surface area contributed by atoms with Crippen molar-refractivity contribution in [1.82, 2.24) is 0 Å². The normalized spacial score (nSPS) is 10.9. The van der Waals surface area contributed by atoms with E-state index < -0.39 is 16.7 Å². The molecule has 0 heterocycles. The molecule has 1 aromatic rings. The quantitative estimate of drug-likeness (QED) is 0.262. The first-order valence-corrected chi connectivity index (χ1v) is 7.31. The second-order valence-electron chi connectivity index (χ2n) is 3.95. The summed E-state index contributed by atoms with van der Waals surface area (Å²) in [7, 11) is -1.24. The minimum Gasteiger partial charge on any atom is -0.603 e. The Morgan fingerprint density at radius 1 is 1.55 bits per heavy atom. The van der Waals surface area contributed by atoms with Gasteiger partial charge in [0.2, 0.25) is 0 Å². The van der Waals surface area contributed by atoms with Crippen LogP contribution in [0, 0.1) is 0 Å². The SMILES string of the molecule is C=C(C)CS(=O)c1ccccc1N=[N+]=C=C([O-])OCC.